The van der Waals surface area contributed by atoms with Crippen molar-refractivity contribution in [2.24, 2.45) is 0 Å². The van der Waals surface area contributed by atoms with Crippen molar-refractivity contribution in [1.82, 2.24) is 0 Å². The average Bonchev–Trinajstić information content (AvgIpc) is 2.60. The maximum Gasteiger partial charge on any atom is 0.308 e. The Morgan fingerprint density at radius 3 is 2.00 bits per heavy atom. The zero-order valence-corrected chi connectivity index (χ0v) is 14.8. The second-order valence-electron chi connectivity index (χ2n) is 4.75. The molecule has 0 bridgehead atoms. The van der Waals surface area contributed by atoms with Crippen molar-refractivity contribution in [1.29, 1.82) is 0 Å². The first-order valence-corrected chi connectivity index (χ1v) is 7.60. The molecule has 0 aromatic heterocycles. The summed E-state index contributed by atoms with van der Waals surface area (Å²) in [5.74, 6) is -4.97. The highest BCUT2D eigenvalue weighted by Gasteiger charge is 2.23. The largest absolute Gasteiger partial charge is 0.463 e. The molecule has 0 aliphatic rings. The fourth-order valence-electron chi connectivity index (χ4n) is 1.64. The molecule has 8 nitrogen and oxygen atoms in total. The summed E-state index contributed by atoms with van der Waals surface area (Å²) >= 11 is 0. The summed E-state index contributed by atoms with van der Waals surface area (Å²) in [4.78, 5) is 11.0. The normalized spacial score (nSPS) is 10.7. The number of benzene rings is 1. The number of esters is 1. The van der Waals surface area contributed by atoms with Crippen molar-refractivity contribution in [2.75, 3.05) is 54.2 Å². The van der Waals surface area contributed by atoms with E-state index in [9.17, 15) is 13.6 Å². The van der Waals surface area contributed by atoms with Gasteiger partial charge in [-0.25, -0.2) is 0 Å². The van der Waals surface area contributed by atoms with Crippen LogP contribution in [0.15, 0.2) is 6.07 Å². The molecular formula is C16H22F2O8. The molecule has 0 spiro atoms. The number of halogens is 2. The van der Waals surface area contributed by atoms with Gasteiger partial charge in [0.2, 0.25) is 17.4 Å². The van der Waals surface area contributed by atoms with Crippen LogP contribution < -0.4 is 14.2 Å². The van der Waals surface area contributed by atoms with Gasteiger partial charge in [0, 0.05) is 27.2 Å². The van der Waals surface area contributed by atoms with Crippen LogP contribution >= 0.6 is 0 Å². The van der Waals surface area contributed by atoms with Crippen molar-refractivity contribution < 1.29 is 46.7 Å². The molecule has 0 saturated heterocycles. The van der Waals surface area contributed by atoms with Gasteiger partial charge in [-0.1, -0.05) is 0 Å². The molecule has 0 N–H and O–H groups in total. The average molecular weight is 380 g/mol. The third-order valence-electron chi connectivity index (χ3n) is 2.80. The summed E-state index contributed by atoms with van der Waals surface area (Å²) < 4.78 is 63.0. The number of ether oxygens (including phenoxy) is 7. The maximum atomic E-state index is 14.3. The Labute approximate surface area is 149 Å². The number of hydrogen-bond donors (Lipinski definition) is 0. The number of carbonyl (C=O) groups is 1. The zero-order valence-electron chi connectivity index (χ0n) is 14.8. The second kappa shape index (κ2) is 12.4. The van der Waals surface area contributed by atoms with E-state index in [-0.39, 0.29) is 32.5 Å². The first-order chi connectivity index (χ1) is 12.5. The lowest BCUT2D eigenvalue weighted by Gasteiger charge is -2.16. The van der Waals surface area contributed by atoms with Gasteiger partial charge in [-0.15, -0.1) is 0 Å². The standard InChI is InChI=1S/C16H22F2O8/c1-11(19)26-12-8-13(24-9-22-6-4-20-2)16(15(18)14(12)17)25-10-23-7-5-21-3/h8H,4-7,9-10H2,1-3H3. The van der Waals surface area contributed by atoms with Gasteiger partial charge in [-0.3, -0.25) is 4.79 Å². The minimum absolute atomic E-state index is 0.197. The van der Waals surface area contributed by atoms with E-state index in [1.54, 1.807) is 0 Å². The van der Waals surface area contributed by atoms with Crippen molar-refractivity contribution in [3.63, 3.8) is 0 Å². The van der Waals surface area contributed by atoms with E-state index >= 15 is 0 Å². The van der Waals surface area contributed by atoms with Gasteiger partial charge >= 0.3 is 5.97 Å². The Hall–Kier alpha value is -2.01. The highest BCUT2D eigenvalue weighted by Crippen LogP contribution is 2.38. The van der Waals surface area contributed by atoms with E-state index in [4.69, 9.17) is 28.4 Å². The molecule has 1 rings (SSSR count). The first-order valence-electron chi connectivity index (χ1n) is 7.60. The molecule has 0 aliphatic heterocycles. The summed E-state index contributed by atoms with van der Waals surface area (Å²) in [5.41, 5.74) is 0. The lowest BCUT2D eigenvalue weighted by atomic mass is 10.2. The van der Waals surface area contributed by atoms with E-state index in [0.29, 0.717) is 13.2 Å². The van der Waals surface area contributed by atoms with Crippen LogP contribution in [0, 0.1) is 11.6 Å². The predicted molar refractivity (Wildman–Crippen MR) is 84.3 cm³/mol. The van der Waals surface area contributed by atoms with Crippen LogP contribution in [0.3, 0.4) is 0 Å². The molecule has 0 saturated carbocycles. The van der Waals surface area contributed by atoms with Gasteiger partial charge < -0.3 is 33.2 Å². The smallest absolute Gasteiger partial charge is 0.308 e. The molecule has 0 amide bonds. The zero-order chi connectivity index (χ0) is 19.4. The van der Waals surface area contributed by atoms with E-state index in [2.05, 4.69) is 4.74 Å². The number of rotatable bonds is 13. The van der Waals surface area contributed by atoms with Gasteiger partial charge in [0.1, 0.15) is 0 Å². The third kappa shape index (κ3) is 7.48. The van der Waals surface area contributed by atoms with Gasteiger partial charge in [0.05, 0.1) is 26.4 Å². The summed E-state index contributed by atoms with van der Waals surface area (Å²) in [5, 5.41) is 0. The lowest BCUT2D eigenvalue weighted by molar-refractivity contribution is -0.132. The minimum Gasteiger partial charge on any atom is -0.463 e. The fraction of sp³-hybridized carbons (Fsp3) is 0.562. The highest BCUT2D eigenvalue weighted by molar-refractivity contribution is 5.70. The molecule has 10 heteroatoms. The van der Waals surface area contributed by atoms with Gasteiger partial charge in [0.15, 0.2) is 25.1 Å². The molecule has 1 aromatic carbocycles. The molecular weight excluding hydrogens is 358 g/mol. The maximum absolute atomic E-state index is 14.3. The third-order valence-corrected chi connectivity index (χ3v) is 2.80. The van der Waals surface area contributed by atoms with E-state index in [1.807, 2.05) is 0 Å². The van der Waals surface area contributed by atoms with Gasteiger partial charge in [-0.05, 0) is 0 Å². The van der Waals surface area contributed by atoms with Crippen molar-refractivity contribution in [3.05, 3.63) is 17.7 Å². The second-order valence-corrected chi connectivity index (χ2v) is 4.75. The predicted octanol–water partition coefficient (Wildman–Crippen LogP) is 1.89. The quantitative estimate of drug-likeness (QED) is 0.222. The van der Waals surface area contributed by atoms with Crippen LogP contribution in [0.2, 0.25) is 0 Å². The molecule has 0 aliphatic carbocycles. The van der Waals surface area contributed by atoms with Crippen LogP contribution in [0.1, 0.15) is 6.92 Å². The minimum atomic E-state index is -1.39. The number of hydrogen-bond acceptors (Lipinski definition) is 8. The SMILES string of the molecule is COCCOCOc1cc(OC(C)=O)c(F)c(F)c1OCOCCOC. The Morgan fingerprint density at radius 1 is 0.885 bits per heavy atom. The first kappa shape index (κ1) is 22.0. The topological polar surface area (TPSA) is 81.7 Å². The molecule has 1 aromatic rings. The Kier molecular flexibility index (Phi) is 10.5. The molecule has 0 radical (unpaired) electrons. The molecule has 26 heavy (non-hydrogen) atoms. The van der Waals surface area contributed by atoms with E-state index in [0.717, 1.165) is 13.0 Å². The fourth-order valence-corrected chi connectivity index (χ4v) is 1.64. The van der Waals surface area contributed by atoms with Crippen LogP contribution in [-0.4, -0.2) is 60.2 Å². The molecule has 0 fully saturated rings. The van der Waals surface area contributed by atoms with Crippen LogP contribution in [-0.2, 0) is 23.7 Å². The Bertz CT molecular complexity index is 568. The van der Waals surface area contributed by atoms with Crippen molar-refractivity contribution >= 4 is 5.97 Å². The summed E-state index contributed by atoms with van der Waals surface area (Å²) in [6.45, 7) is 1.47. The Balaban J connectivity index is 2.87. The van der Waals surface area contributed by atoms with E-state index in [1.165, 1.54) is 14.2 Å². The molecule has 0 unspecified atom stereocenters. The van der Waals surface area contributed by atoms with E-state index < -0.39 is 29.1 Å². The Morgan fingerprint density at radius 2 is 1.46 bits per heavy atom. The van der Waals surface area contributed by atoms with Crippen molar-refractivity contribution in [2.45, 2.75) is 6.92 Å². The number of carbonyl (C=O) groups excluding carboxylic acids is 1. The summed E-state index contributed by atoms with van der Waals surface area (Å²) in [6.07, 6.45) is 0. The van der Waals surface area contributed by atoms with Crippen molar-refractivity contribution in [3.8, 4) is 17.2 Å². The summed E-state index contributed by atoms with van der Waals surface area (Å²) in [7, 11) is 2.99. The molecule has 148 valence electrons. The van der Waals surface area contributed by atoms with Gasteiger partial charge in [0.25, 0.3) is 0 Å². The number of methoxy groups -OCH3 is 2. The molecule has 0 atom stereocenters. The van der Waals surface area contributed by atoms with Gasteiger partial charge in [-0.2, -0.15) is 8.78 Å². The van der Waals surface area contributed by atoms with Crippen LogP contribution in [0.25, 0.3) is 0 Å². The monoisotopic (exact) mass is 380 g/mol. The molecule has 0 heterocycles. The van der Waals surface area contributed by atoms with Crippen LogP contribution in [0.5, 0.6) is 17.2 Å². The summed E-state index contributed by atoms with van der Waals surface area (Å²) in [6, 6.07) is 0.990. The lowest BCUT2D eigenvalue weighted by Crippen LogP contribution is -2.13. The highest BCUT2D eigenvalue weighted by atomic mass is 19.2. The van der Waals surface area contributed by atoms with Crippen LogP contribution in [0.4, 0.5) is 8.78 Å².